The van der Waals surface area contributed by atoms with Crippen LogP contribution in [0.3, 0.4) is 0 Å². The molecule has 4 N–H and O–H groups in total. The van der Waals surface area contributed by atoms with Gasteiger partial charge in [0.25, 0.3) is 0 Å². The highest BCUT2D eigenvalue weighted by molar-refractivity contribution is 7.89. The number of H-pyrrole nitrogens is 2. The summed E-state index contributed by atoms with van der Waals surface area (Å²) in [6, 6.07) is 1.58. The largest absolute Gasteiger partial charge is 0.363 e. The molecule has 0 saturated carbocycles. The number of aromatic amines is 2. The van der Waals surface area contributed by atoms with Crippen molar-refractivity contribution in [3.05, 3.63) is 30.1 Å². The summed E-state index contributed by atoms with van der Waals surface area (Å²) < 4.78 is 26.3. The van der Waals surface area contributed by atoms with E-state index in [-0.39, 0.29) is 11.4 Å². The van der Waals surface area contributed by atoms with Gasteiger partial charge in [-0.2, -0.15) is 5.10 Å². The van der Waals surface area contributed by atoms with Gasteiger partial charge >= 0.3 is 0 Å². The van der Waals surface area contributed by atoms with Crippen molar-refractivity contribution in [2.45, 2.75) is 18.0 Å². The molecule has 2 heterocycles. The van der Waals surface area contributed by atoms with Crippen LogP contribution in [0, 0.1) is 0 Å². The smallest absolute Gasteiger partial charge is 0.242 e. The number of nitrogens with zero attached hydrogens (tertiary/aromatic N) is 2. The molecule has 0 amide bonds. The van der Waals surface area contributed by atoms with Crippen molar-refractivity contribution in [2.24, 2.45) is 0 Å². The summed E-state index contributed by atoms with van der Waals surface area (Å²) in [5.74, 6) is 0.463. The van der Waals surface area contributed by atoms with E-state index in [2.05, 4.69) is 30.2 Å². The Labute approximate surface area is 104 Å². The van der Waals surface area contributed by atoms with Crippen molar-refractivity contribution < 1.29 is 8.42 Å². The van der Waals surface area contributed by atoms with Crippen LogP contribution < -0.4 is 10.0 Å². The fourth-order valence-corrected chi connectivity index (χ4v) is 2.43. The number of hydrogen-bond acceptors (Lipinski definition) is 5. The molecule has 8 nitrogen and oxygen atoms in total. The predicted octanol–water partition coefficient (Wildman–Crippen LogP) is -0.669. The molecule has 0 saturated heterocycles. The van der Waals surface area contributed by atoms with Gasteiger partial charge in [-0.1, -0.05) is 0 Å². The lowest BCUT2D eigenvalue weighted by Crippen LogP contribution is -2.23. The first kappa shape index (κ1) is 12.7. The van der Waals surface area contributed by atoms with E-state index in [1.807, 2.05) is 0 Å². The second-order valence-electron chi connectivity index (χ2n) is 3.65. The minimum Gasteiger partial charge on any atom is -0.363 e. The maximum Gasteiger partial charge on any atom is 0.242 e. The summed E-state index contributed by atoms with van der Waals surface area (Å²) in [5, 5.41) is 9.15. The highest BCUT2D eigenvalue weighted by atomic mass is 32.2. The zero-order chi connectivity index (χ0) is 13.0. The quantitative estimate of drug-likeness (QED) is 0.555. The molecule has 2 aromatic heterocycles. The summed E-state index contributed by atoms with van der Waals surface area (Å²) >= 11 is 0. The highest BCUT2D eigenvalue weighted by Gasteiger charge is 2.16. The van der Waals surface area contributed by atoms with E-state index in [1.165, 1.54) is 12.5 Å². The first-order chi connectivity index (χ1) is 8.62. The van der Waals surface area contributed by atoms with Crippen molar-refractivity contribution in [2.75, 3.05) is 7.05 Å². The van der Waals surface area contributed by atoms with E-state index in [0.717, 1.165) is 5.69 Å². The fourth-order valence-electron chi connectivity index (χ4n) is 1.43. The average molecular weight is 270 g/mol. The highest BCUT2D eigenvalue weighted by Crippen LogP contribution is 2.10. The third-order valence-corrected chi connectivity index (χ3v) is 3.67. The Morgan fingerprint density at radius 3 is 2.89 bits per heavy atom. The third-order valence-electron chi connectivity index (χ3n) is 2.29. The van der Waals surface area contributed by atoms with Crippen molar-refractivity contribution in [3.8, 4) is 0 Å². The van der Waals surface area contributed by atoms with Gasteiger partial charge in [0.2, 0.25) is 10.0 Å². The molecule has 0 spiro atoms. The van der Waals surface area contributed by atoms with Gasteiger partial charge in [0.15, 0.2) is 0 Å². The first-order valence-corrected chi connectivity index (χ1v) is 6.76. The van der Waals surface area contributed by atoms with E-state index in [1.54, 1.807) is 13.1 Å². The molecular formula is C9H14N6O2S. The van der Waals surface area contributed by atoms with Crippen LogP contribution in [-0.2, 0) is 23.1 Å². The molecule has 0 fully saturated rings. The molecule has 0 aromatic carbocycles. The lowest BCUT2D eigenvalue weighted by molar-refractivity contribution is 0.579. The molecule has 2 aromatic rings. The molecule has 0 atom stereocenters. The summed E-state index contributed by atoms with van der Waals surface area (Å²) in [4.78, 5) is 6.93. The van der Waals surface area contributed by atoms with Gasteiger partial charge < -0.3 is 10.3 Å². The van der Waals surface area contributed by atoms with Gasteiger partial charge in [0.05, 0.1) is 11.4 Å². The molecule has 9 heteroatoms. The summed E-state index contributed by atoms with van der Waals surface area (Å²) in [6.07, 6.45) is 2.78. The Morgan fingerprint density at radius 1 is 1.39 bits per heavy atom. The first-order valence-electron chi connectivity index (χ1n) is 5.27. The van der Waals surface area contributed by atoms with Gasteiger partial charge in [-0.05, 0) is 13.1 Å². The van der Waals surface area contributed by atoms with E-state index in [9.17, 15) is 8.42 Å². The van der Waals surface area contributed by atoms with Gasteiger partial charge in [-0.15, -0.1) is 0 Å². The molecule has 0 bridgehead atoms. The molecule has 2 rings (SSSR count). The molecule has 18 heavy (non-hydrogen) atoms. The fraction of sp³-hybridized carbons (Fsp3) is 0.333. The maximum absolute atomic E-state index is 11.9. The second kappa shape index (κ2) is 5.29. The van der Waals surface area contributed by atoms with Crippen molar-refractivity contribution in [3.63, 3.8) is 0 Å². The van der Waals surface area contributed by atoms with Crippen LogP contribution in [0.5, 0.6) is 0 Å². The van der Waals surface area contributed by atoms with E-state index < -0.39 is 10.0 Å². The lowest BCUT2D eigenvalue weighted by Gasteiger charge is -2.02. The van der Waals surface area contributed by atoms with Crippen LogP contribution in [0.15, 0.2) is 23.5 Å². The van der Waals surface area contributed by atoms with Crippen LogP contribution in [0.4, 0.5) is 0 Å². The second-order valence-corrected chi connectivity index (χ2v) is 5.41. The van der Waals surface area contributed by atoms with Crippen molar-refractivity contribution >= 4 is 10.0 Å². The minimum absolute atomic E-state index is 0.0782. The lowest BCUT2D eigenvalue weighted by atomic mass is 10.4. The van der Waals surface area contributed by atoms with E-state index >= 15 is 0 Å². The summed E-state index contributed by atoms with van der Waals surface area (Å²) in [7, 11) is -1.74. The number of sulfonamides is 1. The normalized spacial score (nSPS) is 11.8. The van der Waals surface area contributed by atoms with Crippen molar-refractivity contribution in [1.29, 1.82) is 0 Å². The average Bonchev–Trinajstić information content (AvgIpc) is 2.98. The maximum atomic E-state index is 11.9. The Morgan fingerprint density at radius 2 is 2.22 bits per heavy atom. The minimum atomic E-state index is -3.53. The Kier molecular flexibility index (Phi) is 3.75. The van der Waals surface area contributed by atoms with E-state index in [4.69, 9.17) is 0 Å². The van der Waals surface area contributed by atoms with E-state index in [0.29, 0.717) is 12.4 Å². The van der Waals surface area contributed by atoms with Gasteiger partial charge in [0, 0.05) is 18.4 Å². The number of aromatic nitrogens is 4. The van der Waals surface area contributed by atoms with Crippen LogP contribution in [-0.4, -0.2) is 35.6 Å². The Balaban J connectivity index is 2.05. The number of hydrogen-bond donors (Lipinski definition) is 4. The molecule has 0 aliphatic heterocycles. The van der Waals surface area contributed by atoms with Crippen LogP contribution in [0.25, 0.3) is 0 Å². The summed E-state index contributed by atoms with van der Waals surface area (Å²) in [5.41, 5.74) is 0.803. The van der Waals surface area contributed by atoms with Crippen LogP contribution >= 0.6 is 0 Å². The SMILES string of the molecule is CNCc1cc(S(=O)(=O)NCc2ncn[nH]2)c[nH]1. The molecule has 0 unspecified atom stereocenters. The molecular weight excluding hydrogens is 256 g/mol. The monoisotopic (exact) mass is 270 g/mol. The van der Waals surface area contributed by atoms with Crippen LogP contribution in [0.2, 0.25) is 0 Å². The molecule has 0 aliphatic rings. The Bertz CT molecular complexity index is 588. The third kappa shape index (κ3) is 2.94. The molecule has 0 radical (unpaired) electrons. The number of rotatable bonds is 6. The zero-order valence-corrected chi connectivity index (χ0v) is 10.6. The summed E-state index contributed by atoms with van der Waals surface area (Å²) in [6.45, 7) is 0.659. The predicted molar refractivity (Wildman–Crippen MR) is 64.0 cm³/mol. The van der Waals surface area contributed by atoms with Crippen molar-refractivity contribution in [1.82, 2.24) is 30.2 Å². The molecule has 98 valence electrons. The van der Waals surface area contributed by atoms with Crippen LogP contribution in [0.1, 0.15) is 11.5 Å². The zero-order valence-electron chi connectivity index (χ0n) is 9.77. The topological polar surface area (TPSA) is 116 Å². The molecule has 0 aliphatic carbocycles. The van der Waals surface area contributed by atoms with Gasteiger partial charge in [-0.3, -0.25) is 5.10 Å². The number of nitrogens with one attached hydrogen (secondary N) is 4. The standard InChI is InChI=1S/C9H14N6O2S/c1-10-3-7-2-8(4-11-7)18(16,17)14-5-9-12-6-13-15-9/h2,4,6,10-11,14H,3,5H2,1H3,(H,12,13,15). The van der Waals surface area contributed by atoms with Gasteiger partial charge in [0.1, 0.15) is 12.2 Å². The Hall–Kier alpha value is -1.71. The van der Waals surface area contributed by atoms with Gasteiger partial charge in [-0.25, -0.2) is 18.1 Å².